The zero-order valence-corrected chi connectivity index (χ0v) is 18.2. The molecule has 3 rings (SSSR count). The van der Waals surface area contributed by atoms with Crippen LogP contribution in [-0.2, 0) is 13.2 Å². The van der Waals surface area contributed by atoms with Crippen molar-refractivity contribution < 1.29 is 18.6 Å². The highest BCUT2D eigenvalue weighted by molar-refractivity contribution is 6.32. The van der Waals surface area contributed by atoms with Gasteiger partial charge in [0.25, 0.3) is 0 Å². The predicted molar refractivity (Wildman–Crippen MR) is 119 cm³/mol. The molecule has 1 N–H and O–H groups in total. The Bertz CT molecular complexity index is 996. The van der Waals surface area contributed by atoms with E-state index in [1.54, 1.807) is 37.4 Å². The second-order valence-corrected chi connectivity index (χ2v) is 7.26. The molecule has 0 saturated carbocycles. The molecule has 3 aromatic carbocycles. The number of anilines is 1. The highest BCUT2D eigenvalue weighted by atomic mass is 35.5. The summed E-state index contributed by atoms with van der Waals surface area (Å²) in [6.07, 6.45) is 0. The minimum Gasteiger partial charge on any atom is -0.495 e. The summed E-state index contributed by atoms with van der Waals surface area (Å²) in [4.78, 5) is 0. The Kier molecular flexibility index (Phi) is 7.66. The number of hydrogen-bond acceptors (Lipinski definition) is 4. The molecule has 158 valence electrons. The maximum absolute atomic E-state index is 13.1. The average Bonchev–Trinajstić information content (AvgIpc) is 2.74. The summed E-state index contributed by atoms with van der Waals surface area (Å²) < 4.78 is 29.8. The summed E-state index contributed by atoms with van der Waals surface area (Å²) in [5, 5.41) is 4.35. The molecule has 7 heteroatoms. The summed E-state index contributed by atoms with van der Waals surface area (Å²) in [6.45, 7) is 3.13. The summed E-state index contributed by atoms with van der Waals surface area (Å²) in [5.74, 6) is 1.45. The number of rotatable bonds is 9. The number of ether oxygens (including phenoxy) is 3. The Morgan fingerprint density at radius 2 is 1.60 bits per heavy atom. The van der Waals surface area contributed by atoms with Crippen LogP contribution in [0.3, 0.4) is 0 Å². The van der Waals surface area contributed by atoms with E-state index in [-0.39, 0.29) is 12.4 Å². The fourth-order valence-corrected chi connectivity index (χ4v) is 3.29. The van der Waals surface area contributed by atoms with E-state index in [1.165, 1.54) is 12.1 Å². The summed E-state index contributed by atoms with van der Waals surface area (Å²) >= 11 is 12.7. The standard InChI is InChI=1S/C23H22Cl2FNO3/c1-3-29-22-10-16(13-27-18-8-9-21(28-2)20(25)11-18)19(24)12-23(22)30-14-15-4-6-17(26)7-5-15/h4-12,27H,3,13-14H2,1-2H3. The van der Waals surface area contributed by atoms with Crippen LogP contribution in [0.5, 0.6) is 17.2 Å². The molecule has 0 fully saturated rings. The Morgan fingerprint density at radius 3 is 2.27 bits per heavy atom. The van der Waals surface area contributed by atoms with Crippen molar-refractivity contribution in [3.8, 4) is 17.2 Å². The third-order valence-electron chi connectivity index (χ3n) is 4.35. The van der Waals surface area contributed by atoms with Crippen LogP contribution in [0, 0.1) is 5.82 Å². The van der Waals surface area contributed by atoms with Crippen LogP contribution in [0.25, 0.3) is 0 Å². The molecule has 0 aliphatic carbocycles. The SMILES string of the molecule is CCOc1cc(CNc2ccc(OC)c(Cl)c2)c(Cl)cc1OCc1ccc(F)cc1. The van der Waals surface area contributed by atoms with Gasteiger partial charge in [-0.25, -0.2) is 4.39 Å². The minimum absolute atomic E-state index is 0.276. The van der Waals surface area contributed by atoms with Crippen molar-refractivity contribution >= 4 is 28.9 Å². The molecule has 4 nitrogen and oxygen atoms in total. The lowest BCUT2D eigenvalue weighted by Crippen LogP contribution is -2.04. The number of methoxy groups -OCH3 is 1. The van der Waals surface area contributed by atoms with E-state index in [4.69, 9.17) is 37.4 Å². The number of benzene rings is 3. The lowest BCUT2D eigenvalue weighted by Gasteiger charge is -2.16. The van der Waals surface area contributed by atoms with Crippen LogP contribution in [0.1, 0.15) is 18.1 Å². The zero-order valence-electron chi connectivity index (χ0n) is 16.7. The predicted octanol–water partition coefficient (Wildman–Crippen LogP) is 6.73. The van der Waals surface area contributed by atoms with Gasteiger partial charge in [-0.2, -0.15) is 0 Å². The highest BCUT2D eigenvalue weighted by Gasteiger charge is 2.12. The molecule has 0 unspecified atom stereocenters. The topological polar surface area (TPSA) is 39.7 Å². The van der Waals surface area contributed by atoms with E-state index >= 15 is 0 Å². The first kappa shape index (κ1) is 22.1. The van der Waals surface area contributed by atoms with Crippen LogP contribution >= 0.6 is 23.2 Å². The largest absolute Gasteiger partial charge is 0.495 e. The van der Waals surface area contributed by atoms with Gasteiger partial charge >= 0.3 is 0 Å². The number of hydrogen-bond donors (Lipinski definition) is 1. The van der Waals surface area contributed by atoms with Crippen LogP contribution in [0.15, 0.2) is 54.6 Å². The third-order valence-corrected chi connectivity index (χ3v) is 5.00. The molecule has 0 saturated heterocycles. The fraction of sp³-hybridized carbons (Fsp3) is 0.217. The molecular weight excluding hydrogens is 428 g/mol. The third kappa shape index (κ3) is 5.71. The van der Waals surface area contributed by atoms with Crippen LogP contribution < -0.4 is 19.5 Å². The van der Waals surface area contributed by atoms with Gasteiger partial charge < -0.3 is 19.5 Å². The maximum Gasteiger partial charge on any atom is 0.163 e. The molecule has 0 aliphatic heterocycles. The molecule has 3 aromatic rings. The van der Waals surface area contributed by atoms with Crippen molar-refractivity contribution in [2.45, 2.75) is 20.1 Å². The Morgan fingerprint density at radius 1 is 0.867 bits per heavy atom. The molecule has 0 aliphatic rings. The molecule has 0 atom stereocenters. The zero-order chi connectivity index (χ0) is 21.5. The average molecular weight is 450 g/mol. The second kappa shape index (κ2) is 10.4. The quantitative estimate of drug-likeness (QED) is 0.392. The van der Waals surface area contributed by atoms with Gasteiger partial charge in [0.05, 0.1) is 18.7 Å². The van der Waals surface area contributed by atoms with Gasteiger partial charge in [-0.05, 0) is 54.4 Å². The lowest BCUT2D eigenvalue weighted by molar-refractivity contribution is 0.269. The van der Waals surface area contributed by atoms with E-state index < -0.39 is 0 Å². The van der Waals surface area contributed by atoms with Crippen molar-refractivity contribution in [3.63, 3.8) is 0 Å². The van der Waals surface area contributed by atoms with E-state index in [0.717, 1.165) is 16.8 Å². The molecule has 0 spiro atoms. The molecule has 0 radical (unpaired) electrons. The molecule has 0 aromatic heterocycles. The molecule has 0 amide bonds. The maximum atomic E-state index is 13.1. The normalized spacial score (nSPS) is 10.6. The summed E-state index contributed by atoms with van der Waals surface area (Å²) in [6, 6.07) is 15.2. The van der Waals surface area contributed by atoms with Crippen molar-refractivity contribution in [1.29, 1.82) is 0 Å². The van der Waals surface area contributed by atoms with Gasteiger partial charge in [-0.3, -0.25) is 0 Å². The van der Waals surface area contributed by atoms with Crippen LogP contribution in [0.4, 0.5) is 10.1 Å². The van der Waals surface area contributed by atoms with Gasteiger partial charge in [0.2, 0.25) is 0 Å². The minimum atomic E-state index is -0.285. The van der Waals surface area contributed by atoms with E-state index in [0.29, 0.717) is 40.4 Å². The summed E-state index contributed by atoms with van der Waals surface area (Å²) in [5.41, 5.74) is 2.53. The summed E-state index contributed by atoms with van der Waals surface area (Å²) in [7, 11) is 1.57. The Labute approximate surface area is 185 Å². The van der Waals surface area contributed by atoms with E-state index in [2.05, 4.69) is 5.32 Å². The first-order valence-electron chi connectivity index (χ1n) is 9.40. The van der Waals surface area contributed by atoms with E-state index in [1.807, 2.05) is 19.1 Å². The first-order valence-corrected chi connectivity index (χ1v) is 10.2. The van der Waals surface area contributed by atoms with Gasteiger partial charge in [0.1, 0.15) is 18.2 Å². The van der Waals surface area contributed by atoms with Crippen molar-refractivity contribution in [2.24, 2.45) is 0 Å². The molecule has 0 bridgehead atoms. The Balaban J connectivity index is 1.73. The molecular formula is C23H22Cl2FNO3. The van der Waals surface area contributed by atoms with Gasteiger partial charge in [-0.15, -0.1) is 0 Å². The highest BCUT2D eigenvalue weighted by Crippen LogP contribution is 2.35. The fourth-order valence-electron chi connectivity index (χ4n) is 2.81. The lowest BCUT2D eigenvalue weighted by atomic mass is 10.2. The number of halogens is 3. The molecule has 0 heterocycles. The van der Waals surface area contributed by atoms with Gasteiger partial charge in [-0.1, -0.05) is 35.3 Å². The van der Waals surface area contributed by atoms with Crippen LogP contribution in [0.2, 0.25) is 10.0 Å². The number of nitrogens with one attached hydrogen (secondary N) is 1. The van der Waals surface area contributed by atoms with Crippen molar-refractivity contribution in [1.82, 2.24) is 0 Å². The van der Waals surface area contributed by atoms with Crippen LogP contribution in [-0.4, -0.2) is 13.7 Å². The van der Waals surface area contributed by atoms with Crippen molar-refractivity contribution in [2.75, 3.05) is 19.0 Å². The second-order valence-electron chi connectivity index (χ2n) is 6.44. The monoisotopic (exact) mass is 449 g/mol. The molecule has 30 heavy (non-hydrogen) atoms. The van der Waals surface area contributed by atoms with Gasteiger partial charge in [0.15, 0.2) is 11.5 Å². The van der Waals surface area contributed by atoms with Crippen molar-refractivity contribution in [3.05, 3.63) is 81.6 Å². The van der Waals surface area contributed by atoms with E-state index in [9.17, 15) is 4.39 Å². The smallest absolute Gasteiger partial charge is 0.163 e. The van der Waals surface area contributed by atoms with Gasteiger partial charge in [0, 0.05) is 23.3 Å². The first-order chi connectivity index (χ1) is 14.5. The Hall–Kier alpha value is -2.63.